The van der Waals surface area contributed by atoms with Gasteiger partial charge in [0.15, 0.2) is 6.61 Å². The fraction of sp³-hybridized carbons (Fsp3) is 0.280. The van der Waals surface area contributed by atoms with E-state index in [4.69, 9.17) is 4.74 Å². The highest BCUT2D eigenvalue weighted by Crippen LogP contribution is 2.13. The van der Waals surface area contributed by atoms with Crippen molar-refractivity contribution in [3.63, 3.8) is 0 Å². The van der Waals surface area contributed by atoms with Gasteiger partial charge in [-0.3, -0.25) is 19.7 Å². The van der Waals surface area contributed by atoms with Crippen molar-refractivity contribution < 1.29 is 14.3 Å². The number of nitrogens with one attached hydrogen (secondary N) is 2. The number of aromatic nitrogens is 1. The molecule has 0 unspecified atom stereocenters. The van der Waals surface area contributed by atoms with Gasteiger partial charge in [0.05, 0.1) is 0 Å². The van der Waals surface area contributed by atoms with Crippen LogP contribution in [0.15, 0.2) is 66.7 Å². The van der Waals surface area contributed by atoms with Gasteiger partial charge in [-0.2, -0.15) is 0 Å². The van der Waals surface area contributed by atoms with E-state index in [1.165, 1.54) is 5.56 Å². The van der Waals surface area contributed by atoms with Crippen molar-refractivity contribution in [1.82, 2.24) is 9.99 Å². The number of rotatable bonds is 9. The lowest BCUT2D eigenvalue weighted by Crippen LogP contribution is -2.36. The Bertz CT molecular complexity index is 991. The van der Waals surface area contributed by atoms with Crippen LogP contribution < -0.4 is 15.5 Å². The zero-order valence-corrected chi connectivity index (χ0v) is 18.2. The topological polar surface area (TPSA) is 72.4 Å². The van der Waals surface area contributed by atoms with Gasteiger partial charge < -0.3 is 10.1 Å². The highest BCUT2D eigenvalue weighted by Gasteiger charge is 2.11. The van der Waals surface area contributed by atoms with Crippen LogP contribution in [0.1, 0.15) is 40.7 Å². The normalized spacial score (nSPS) is 11.6. The SMILES string of the molecule is Cc1ccc(C)n1NC(=O)c1ccc(OCC(=O)N[C@H](C)CCc2ccccc2)cc1. The van der Waals surface area contributed by atoms with E-state index in [0.29, 0.717) is 11.3 Å². The molecule has 0 saturated carbocycles. The van der Waals surface area contributed by atoms with Crippen molar-refractivity contribution >= 4 is 11.8 Å². The molecule has 0 saturated heterocycles. The average Bonchev–Trinajstić information content (AvgIpc) is 3.09. The van der Waals surface area contributed by atoms with Gasteiger partial charge in [-0.05, 0) is 75.6 Å². The Morgan fingerprint density at radius 1 is 0.935 bits per heavy atom. The largest absolute Gasteiger partial charge is 0.484 e. The average molecular weight is 420 g/mol. The van der Waals surface area contributed by atoms with Crippen molar-refractivity contribution in [3.05, 3.63) is 89.2 Å². The van der Waals surface area contributed by atoms with E-state index in [0.717, 1.165) is 24.2 Å². The molecule has 0 aliphatic rings. The number of ether oxygens (including phenoxy) is 1. The minimum Gasteiger partial charge on any atom is -0.484 e. The summed E-state index contributed by atoms with van der Waals surface area (Å²) in [7, 11) is 0. The summed E-state index contributed by atoms with van der Waals surface area (Å²) in [6.45, 7) is 5.78. The van der Waals surface area contributed by atoms with Gasteiger partial charge in [-0.25, -0.2) is 0 Å². The first-order valence-corrected chi connectivity index (χ1v) is 10.4. The fourth-order valence-corrected chi connectivity index (χ4v) is 3.28. The van der Waals surface area contributed by atoms with Crippen LogP contribution in [0.3, 0.4) is 0 Å². The molecular weight excluding hydrogens is 390 g/mol. The zero-order chi connectivity index (χ0) is 22.2. The van der Waals surface area contributed by atoms with E-state index in [1.54, 1.807) is 28.9 Å². The lowest BCUT2D eigenvalue weighted by molar-refractivity contribution is -0.123. The van der Waals surface area contributed by atoms with Crippen molar-refractivity contribution in [2.45, 2.75) is 39.7 Å². The van der Waals surface area contributed by atoms with Crippen molar-refractivity contribution in [2.75, 3.05) is 12.0 Å². The Kier molecular flexibility index (Phi) is 7.49. The van der Waals surface area contributed by atoms with Crippen LogP contribution in [0.5, 0.6) is 5.75 Å². The molecule has 162 valence electrons. The molecule has 0 radical (unpaired) electrons. The van der Waals surface area contributed by atoms with E-state index in [-0.39, 0.29) is 24.5 Å². The molecule has 0 bridgehead atoms. The highest BCUT2D eigenvalue weighted by atomic mass is 16.5. The van der Waals surface area contributed by atoms with Gasteiger partial charge in [-0.15, -0.1) is 0 Å². The molecular formula is C25H29N3O3. The third-order valence-corrected chi connectivity index (χ3v) is 5.09. The first kappa shape index (κ1) is 22.2. The molecule has 3 rings (SSSR count). The Hall–Kier alpha value is -3.54. The van der Waals surface area contributed by atoms with Crippen LogP contribution in [0, 0.1) is 13.8 Å². The molecule has 2 amide bonds. The van der Waals surface area contributed by atoms with Crippen LogP contribution in [0.2, 0.25) is 0 Å². The highest BCUT2D eigenvalue weighted by molar-refractivity contribution is 6.00. The first-order valence-electron chi connectivity index (χ1n) is 10.4. The summed E-state index contributed by atoms with van der Waals surface area (Å²) in [6.07, 6.45) is 1.77. The van der Waals surface area contributed by atoms with Crippen LogP contribution in [-0.4, -0.2) is 29.1 Å². The Morgan fingerprint density at radius 3 is 2.23 bits per heavy atom. The number of amides is 2. The Labute approximate surface area is 183 Å². The summed E-state index contributed by atoms with van der Waals surface area (Å²) in [5, 5.41) is 2.95. The fourth-order valence-electron chi connectivity index (χ4n) is 3.28. The molecule has 6 nitrogen and oxygen atoms in total. The monoisotopic (exact) mass is 419 g/mol. The summed E-state index contributed by atoms with van der Waals surface area (Å²) in [4.78, 5) is 24.6. The molecule has 31 heavy (non-hydrogen) atoms. The third kappa shape index (κ3) is 6.47. The first-order chi connectivity index (χ1) is 14.9. The van der Waals surface area contributed by atoms with E-state index < -0.39 is 0 Å². The van der Waals surface area contributed by atoms with Crippen LogP contribution in [0.4, 0.5) is 0 Å². The minimum atomic E-state index is -0.209. The molecule has 1 aromatic heterocycles. The van der Waals surface area contributed by atoms with Crippen molar-refractivity contribution in [2.24, 2.45) is 0 Å². The number of carbonyl (C=O) groups excluding carboxylic acids is 2. The van der Waals surface area contributed by atoms with Crippen molar-refractivity contribution in [3.8, 4) is 5.75 Å². The molecule has 3 aromatic rings. The maximum absolute atomic E-state index is 12.4. The van der Waals surface area contributed by atoms with E-state index >= 15 is 0 Å². The summed E-state index contributed by atoms with van der Waals surface area (Å²) < 4.78 is 7.31. The van der Waals surface area contributed by atoms with E-state index in [2.05, 4.69) is 22.9 Å². The van der Waals surface area contributed by atoms with Crippen LogP contribution >= 0.6 is 0 Å². The van der Waals surface area contributed by atoms with Gasteiger partial charge in [0.1, 0.15) is 5.75 Å². The molecule has 2 N–H and O–H groups in total. The van der Waals surface area contributed by atoms with E-state index in [9.17, 15) is 9.59 Å². The summed E-state index contributed by atoms with van der Waals surface area (Å²) in [6, 6.07) is 20.9. The Balaban J connectivity index is 1.43. The molecule has 0 spiro atoms. The molecule has 1 heterocycles. The number of nitrogens with zero attached hydrogens (tertiary/aromatic N) is 1. The molecule has 1 atom stereocenters. The van der Waals surface area contributed by atoms with E-state index in [1.807, 2.05) is 51.1 Å². The number of hydrogen-bond acceptors (Lipinski definition) is 3. The number of aryl methyl sites for hydroxylation is 3. The maximum Gasteiger partial charge on any atom is 0.270 e. The Morgan fingerprint density at radius 2 is 1.58 bits per heavy atom. The number of hydrogen-bond donors (Lipinski definition) is 2. The summed E-state index contributed by atoms with van der Waals surface area (Å²) in [5.41, 5.74) is 6.54. The van der Waals surface area contributed by atoms with Crippen LogP contribution in [0.25, 0.3) is 0 Å². The maximum atomic E-state index is 12.4. The van der Waals surface area contributed by atoms with Gasteiger partial charge in [-0.1, -0.05) is 30.3 Å². The molecule has 0 fully saturated rings. The quantitative estimate of drug-likeness (QED) is 0.551. The van der Waals surface area contributed by atoms with Crippen LogP contribution in [-0.2, 0) is 11.2 Å². The molecule has 6 heteroatoms. The predicted molar refractivity (Wildman–Crippen MR) is 122 cm³/mol. The molecule has 0 aliphatic carbocycles. The summed E-state index contributed by atoms with van der Waals surface area (Å²) in [5.74, 6) is 0.164. The molecule has 0 aliphatic heterocycles. The lowest BCUT2D eigenvalue weighted by atomic mass is 10.1. The second kappa shape index (κ2) is 10.5. The lowest BCUT2D eigenvalue weighted by Gasteiger charge is -2.14. The number of benzene rings is 2. The third-order valence-electron chi connectivity index (χ3n) is 5.09. The second-order valence-corrected chi connectivity index (χ2v) is 7.70. The van der Waals surface area contributed by atoms with Crippen molar-refractivity contribution in [1.29, 1.82) is 0 Å². The van der Waals surface area contributed by atoms with Gasteiger partial charge in [0.2, 0.25) is 0 Å². The predicted octanol–water partition coefficient (Wildman–Crippen LogP) is 4.01. The van der Waals surface area contributed by atoms with Gasteiger partial charge in [0.25, 0.3) is 11.8 Å². The zero-order valence-electron chi connectivity index (χ0n) is 18.2. The second-order valence-electron chi connectivity index (χ2n) is 7.70. The smallest absolute Gasteiger partial charge is 0.270 e. The van der Waals surface area contributed by atoms with Gasteiger partial charge >= 0.3 is 0 Å². The minimum absolute atomic E-state index is 0.0583. The van der Waals surface area contributed by atoms with Gasteiger partial charge in [0, 0.05) is 23.0 Å². The summed E-state index contributed by atoms with van der Waals surface area (Å²) >= 11 is 0. The number of carbonyl (C=O) groups is 2. The molecule has 2 aromatic carbocycles. The standard InChI is InChI=1S/C25H29N3O3/c1-18(9-12-21-7-5-4-6-8-21)26-24(29)17-31-23-15-13-22(14-16-23)25(30)27-28-19(2)10-11-20(28)3/h4-8,10-11,13-16,18H,9,12,17H2,1-3H3,(H,26,29)(H,27,30)/t18-/m1/s1.